The van der Waals surface area contributed by atoms with Crippen molar-refractivity contribution in [1.29, 1.82) is 0 Å². The van der Waals surface area contributed by atoms with E-state index in [4.69, 9.17) is 23.2 Å². The van der Waals surface area contributed by atoms with Gasteiger partial charge < -0.3 is 23.2 Å². The van der Waals surface area contributed by atoms with Crippen LogP contribution >= 0.6 is 15.2 Å². The lowest BCUT2D eigenvalue weighted by Crippen LogP contribution is -2.20. The number of aromatic carboxylic acids is 1. The number of carboxylic acids is 1. The molecule has 1 rings (SSSR count). The standard InChI is InChI=1S/C17H28O8P2/c1-5-22-26(20,23-6-2)16(27(21,24-7-3)25-8-4)13-14-9-11-15(12-10-14)17(18)19/h9-12,16H,5-8,13H2,1-4H3,(H,18,19). The summed E-state index contributed by atoms with van der Waals surface area (Å²) in [7, 11) is -7.67. The van der Waals surface area contributed by atoms with E-state index in [1.165, 1.54) is 12.1 Å². The van der Waals surface area contributed by atoms with Crippen LogP contribution in [0.3, 0.4) is 0 Å². The second-order valence-electron chi connectivity index (χ2n) is 5.44. The van der Waals surface area contributed by atoms with E-state index in [0.29, 0.717) is 5.56 Å². The second kappa shape index (κ2) is 11.1. The summed E-state index contributed by atoms with van der Waals surface area (Å²) in [5, 5.41) is 7.86. The fourth-order valence-electron chi connectivity index (χ4n) is 2.53. The molecule has 0 saturated carbocycles. The first kappa shape index (κ1) is 24.0. The highest BCUT2D eigenvalue weighted by molar-refractivity contribution is 7.72. The van der Waals surface area contributed by atoms with Gasteiger partial charge >= 0.3 is 21.2 Å². The van der Waals surface area contributed by atoms with Gasteiger partial charge in [0.25, 0.3) is 0 Å². The lowest BCUT2D eigenvalue weighted by molar-refractivity contribution is 0.0696. The second-order valence-corrected chi connectivity index (χ2v) is 10.3. The van der Waals surface area contributed by atoms with Gasteiger partial charge in [-0.2, -0.15) is 0 Å². The topological polar surface area (TPSA) is 108 Å². The first-order valence-electron chi connectivity index (χ1n) is 8.86. The van der Waals surface area contributed by atoms with Crippen molar-refractivity contribution < 1.29 is 37.1 Å². The molecular formula is C17H28O8P2. The third-order valence-electron chi connectivity index (χ3n) is 3.59. The number of benzene rings is 1. The van der Waals surface area contributed by atoms with E-state index in [1.807, 2.05) is 0 Å². The molecule has 0 bridgehead atoms. The predicted octanol–water partition coefficient (Wildman–Crippen LogP) is 4.79. The average Bonchev–Trinajstić information content (AvgIpc) is 2.60. The molecule has 154 valence electrons. The van der Waals surface area contributed by atoms with Crippen LogP contribution in [0, 0.1) is 0 Å². The van der Waals surface area contributed by atoms with E-state index in [9.17, 15) is 13.9 Å². The van der Waals surface area contributed by atoms with E-state index in [0.717, 1.165) is 0 Å². The molecular weight excluding hydrogens is 394 g/mol. The number of hydrogen-bond acceptors (Lipinski definition) is 7. The minimum atomic E-state index is -3.84. The van der Waals surface area contributed by atoms with E-state index in [-0.39, 0.29) is 38.4 Å². The quantitative estimate of drug-likeness (QED) is 0.452. The van der Waals surface area contributed by atoms with E-state index in [2.05, 4.69) is 0 Å². The van der Waals surface area contributed by atoms with Gasteiger partial charge in [0.15, 0.2) is 5.40 Å². The first-order valence-corrected chi connectivity index (χ1v) is 12.1. The molecule has 0 radical (unpaired) electrons. The fraction of sp³-hybridized carbons (Fsp3) is 0.588. The Hall–Kier alpha value is -1.01. The van der Waals surface area contributed by atoms with Gasteiger partial charge in [-0.05, 0) is 51.8 Å². The van der Waals surface area contributed by atoms with Gasteiger partial charge in [0, 0.05) is 0 Å². The van der Waals surface area contributed by atoms with Crippen LogP contribution in [0.1, 0.15) is 43.6 Å². The maximum atomic E-state index is 13.4. The van der Waals surface area contributed by atoms with E-state index >= 15 is 0 Å². The smallest absolute Gasteiger partial charge is 0.346 e. The Kier molecular flexibility index (Phi) is 9.88. The van der Waals surface area contributed by atoms with Crippen LogP contribution in [0.25, 0.3) is 0 Å². The van der Waals surface area contributed by atoms with Gasteiger partial charge in [-0.25, -0.2) is 4.79 Å². The molecule has 0 aliphatic heterocycles. The molecule has 0 unspecified atom stereocenters. The Bertz CT molecular complexity index is 639. The molecule has 0 atom stereocenters. The first-order chi connectivity index (χ1) is 12.8. The van der Waals surface area contributed by atoms with Crippen LogP contribution in [-0.4, -0.2) is 42.9 Å². The Balaban J connectivity index is 3.36. The molecule has 27 heavy (non-hydrogen) atoms. The number of carboxylic acid groups (broad SMARTS) is 1. The van der Waals surface area contributed by atoms with Crippen molar-refractivity contribution >= 4 is 21.2 Å². The normalized spacial score (nSPS) is 12.5. The third-order valence-corrected chi connectivity index (χ3v) is 9.58. The van der Waals surface area contributed by atoms with Crippen molar-refractivity contribution in [3.05, 3.63) is 35.4 Å². The summed E-state index contributed by atoms with van der Waals surface area (Å²) in [6, 6.07) is 5.99. The Morgan fingerprint density at radius 1 is 0.852 bits per heavy atom. The zero-order valence-corrected chi connectivity index (χ0v) is 17.9. The molecule has 0 amide bonds. The van der Waals surface area contributed by atoms with Crippen LogP contribution < -0.4 is 0 Å². The number of rotatable bonds is 13. The SMILES string of the molecule is CCOP(=O)(OCC)C(Cc1ccc(C(=O)O)cc1)P(=O)(OCC)OCC. The van der Waals surface area contributed by atoms with Crippen LogP contribution in [0.15, 0.2) is 24.3 Å². The lowest BCUT2D eigenvalue weighted by Gasteiger charge is -2.31. The van der Waals surface area contributed by atoms with Crippen molar-refractivity contribution in [3.63, 3.8) is 0 Å². The summed E-state index contributed by atoms with van der Waals surface area (Å²) in [4.78, 5) is 11.0. The van der Waals surface area contributed by atoms with E-state index in [1.54, 1.807) is 39.8 Å². The average molecular weight is 422 g/mol. The molecule has 0 spiro atoms. The molecule has 8 nitrogen and oxygen atoms in total. The van der Waals surface area contributed by atoms with Crippen LogP contribution in [-0.2, 0) is 33.6 Å². The summed E-state index contributed by atoms with van der Waals surface area (Å²) in [6.45, 7) is 7.06. The lowest BCUT2D eigenvalue weighted by atomic mass is 10.1. The van der Waals surface area contributed by atoms with Crippen LogP contribution in [0.4, 0.5) is 0 Å². The van der Waals surface area contributed by atoms with Gasteiger partial charge in [0.1, 0.15) is 0 Å². The van der Waals surface area contributed by atoms with E-state index < -0.39 is 26.6 Å². The summed E-state index contributed by atoms with van der Waals surface area (Å²) in [5.41, 5.74) is 0.732. The summed E-state index contributed by atoms with van der Waals surface area (Å²) in [6.07, 6.45) is 0.0223. The summed E-state index contributed by atoms with van der Waals surface area (Å²) >= 11 is 0. The van der Waals surface area contributed by atoms with Gasteiger partial charge in [0.05, 0.1) is 32.0 Å². The highest BCUT2D eigenvalue weighted by Gasteiger charge is 2.50. The van der Waals surface area contributed by atoms with Crippen molar-refractivity contribution in [2.24, 2.45) is 0 Å². The fourth-order valence-corrected chi connectivity index (χ4v) is 7.86. The monoisotopic (exact) mass is 422 g/mol. The van der Waals surface area contributed by atoms with Gasteiger partial charge in [-0.3, -0.25) is 9.13 Å². The molecule has 1 aromatic carbocycles. The summed E-state index contributed by atoms with van der Waals surface area (Å²) < 4.78 is 48.5. The van der Waals surface area contributed by atoms with Gasteiger partial charge in [-0.1, -0.05) is 12.1 Å². The molecule has 0 heterocycles. The van der Waals surface area contributed by atoms with Crippen molar-refractivity contribution in [2.75, 3.05) is 26.4 Å². The largest absolute Gasteiger partial charge is 0.478 e. The third kappa shape index (κ3) is 6.53. The molecule has 0 aliphatic rings. The van der Waals surface area contributed by atoms with Crippen molar-refractivity contribution in [2.45, 2.75) is 39.5 Å². The number of carbonyl (C=O) groups is 1. The maximum Gasteiger partial charge on any atom is 0.346 e. The predicted molar refractivity (Wildman–Crippen MR) is 103 cm³/mol. The molecule has 1 N–H and O–H groups in total. The zero-order chi connectivity index (χ0) is 20.5. The molecule has 0 fully saturated rings. The molecule has 0 saturated heterocycles. The van der Waals surface area contributed by atoms with Crippen molar-refractivity contribution in [3.8, 4) is 0 Å². The van der Waals surface area contributed by atoms with Crippen molar-refractivity contribution in [1.82, 2.24) is 0 Å². The highest BCUT2D eigenvalue weighted by Crippen LogP contribution is 2.71. The molecule has 0 aromatic heterocycles. The summed E-state index contributed by atoms with van der Waals surface area (Å²) in [5.74, 6) is -1.05. The minimum absolute atomic E-state index is 0.0223. The maximum absolute atomic E-state index is 13.4. The molecule has 0 aliphatic carbocycles. The minimum Gasteiger partial charge on any atom is -0.478 e. The van der Waals surface area contributed by atoms with Gasteiger partial charge in [-0.15, -0.1) is 0 Å². The molecule has 10 heteroatoms. The van der Waals surface area contributed by atoms with Gasteiger partial charge in [0.2, 0.25) is 0 Å². The Labute approximate surface area is 160 Å². The Morgan fingerprint density at radius 3 is 1.52 bits per heavy atom. The number of hydrogen-bond donors (Lipinski definition) is 1. The van der Waals surface area contributed by atoms with Crippen LogP contribution in [0.2, 0.25) is 0 Å². The highest BCUT2D eigenvalue weighted by atomic mass is 31.2. The van der Waals surface area contributed by atoms with Crippen LogP contribution in [0.5, 0.6) is 0 Å². The molecule has 1 aromatic rings. The zero-order valence-electron chi connectivity index (χ0n) is 16.1. The Morgan fingerprint density at radius 2 is 1.22 bits per heavy atom.